The van der Waals surface area contributed by atoms with E-state index in [1.165, 1.54) is 0 Å². The molecular formula is C26H36N2O6. The van der Waals surface area contributed by atoms with Gasteiger partial charge in [-0.3, -0.25) is 0 Å². The molecular weight excluding hydrogens is 436 g/mol. The molecule has 0 bridgehead atoms. The van der Waals surface area contributed by atoms with E-state index in [0.717, 1.165) is 11.1 Å². The first-order valence-electron chi connectivity index (χ1n) is 11.6. The summed E-state index contributed by atoms with van der Waals surface area (Å²) in [4.78, 5) is 24.0. The predicted octanol–water partition coefficient (Wildman–Crippen LogP) is 4.49. The lowest BCUT2D eigenvalue weighted by Crippen LogP contribution is -2.28. The molecule has 0 aliphatic heterocycles. The summed E-state index contributed by atoms with van der Waals surface area (Å²) < 4.78 is 22.1. The van der Waals surface area contributed by atoms with Crippen LogP contribution in [-0.2, 0) is 19.1 Å². The van der Waals surface area contributed by atoms with Crippen molar-refractivity contribution in [1.29, 1.82) is 0 Å². The van der Waals surface area contributed by atoms with Crippen molar-refractivity contribution in [3.8, 4) is 11.5 Å². The number of anilines is 2. The number of carbonyl (C=O) groups excluding carboxylic acids is 2. The van der Waals surface area contributed by atoms with Crippen molar-refractivity contribution in [3.63, 3.8) is 0 Å². The number of esters is 2. The zero-order valence-corrected chi connectivity index (χ0v) is 20.9. The summed E-state index contributed by atoms with van der Waals surface area (Å²) in [6.45, 7) is 12.2. The van der Waals surface area contributed by atoms with Gasteiger partial charge < -0.3 is 29.6 Å². The molecule has 0 aromatic heterocycles. The molecule has 2 N–H and O–H groups in total. The number of hydrogen-bond donors (Lipinski definition) is 2. The minimum absolute atomic E-state index is 0.284. The maximum absolute atomic E-state index is 12.0. The number of benzene rings is 2. The average molecular weight is 473 g/mol. The van der Waals surface area contributed by atoms with Crippen molar-refractivity contribution in [1.82, 2.24) is 0 Å². The highest BCUT2D eigenvalue weighted by Gasteiger charge is 2.17. The molecule has 0 saturated carbocycles. The van der Waals surface area contributed by atoms with Crippen LogP contribution in [0.4, 0.5) is 11.4 Å². The van der Waals surface area contributed by atoms with Gasteiger partial charge in [-0.2, -0.15) is 0 Å². The van der Waals surface area contributed by atoms with Gasteiger partial charge in [-0.1, -0.05) is 12.1 Å². The Kier molecular flexibility index (Phi) is 10.5. The molecule has 2 atom stereocenters. The fraction of sp³-hybridized carbons (Fsp3) is 0.462. The van der Waals surface area contributed by atoms with Crippen molar-refractivity contribution < 1.29 is 28.5 Å². The Balaban J connectivity index is 2.00. The maximum Gasteiger partial charge on any atom is 0.328 e. The van der Waals surface area contributed by atoms with Crippen molar-refractivity contribution >= 4 is 23.3 Å². The monoisotopic (exact) mass is 472 g/mol. The van der Waals surface area contributed by atoms with Crippen molar-refractivity contribution in [2.45, 2.75) is 53.6 Å². The van der Waals surface area contributed by atoms with Gasteiger partial charge in [-0.15, -0.1) is 0 Å². The first-order valence-corrected chi connectivity index (χ1v) is 11.6. The van der Waals surface area contributed by atoms with Crippen LogP contribution in [0, 0.1) is 13.8 Å². The standard InChI is InChI=1S/C26H36N2O6/c1-7-31-25(29)19(5)27-21-11-9-17(3)15-23(21)33-13-14-34-24-16-18(4)10-12-22(24)28-20(6)26(30)32-8-2/h9-12,15-16,19-20,27-28H,7-8,13-14H2,1-6H3. The van der Waals surface area contributed by atoms with Gasteiger partial charge in [0.1, 0.15) is 36.8 Å². The van der Waals surface area contributed by atoms with Gasteiger partial charge in [0.05, 0.1) is 24.6 Å². The first-order chi connectivity index (χ1) is 16.2. The molecule has 0 spiro atoms. The van der Waals surface area contributed by atoms with Gasteiger partial charge in [0.25, 0.3) is 0 Å². The Morgan fingerprint density at radius 1 is 0.735 bits per heavy atom. The lowest BCUT2D eigenvalue weighted by atomic mass is 10.2. The molecule has 2 unspecified atom stereocenters. The van der Waals surface area contributed by atoms with Gasteiger partial charge in [0.15, 0.2) is 0 Å². The summed E-state index contributed by atoms with van der Waals surface area (Å²) in [5, 5.41) is 6.29. The summed E-state index contributed by atoms with van der Waals surface area (Å²) in [6.07, 6.45) is 0. The van der Waals surface area contributed by atoms with Crippen LogP contribution in [0.15, 0.2) is 36.4 Å². The second-order valence-corrected chi connectivity index (χ2v) is 7.93. The average Bonchev–Trinajstić information content (AvgIpc) is 2.80. The van der Waals surface area contributed by atoms with E-state index in [2.05, 4.69) is 10.6 Å². The van der Waals surface area contributed by atoms with Crippen LogP contribution >= 0.6 is 0 Å². The van der Waals surface area contributed by atoms with E-state index in [1.54, 1.807) is 27.7 Å². The minimum Gasteiger partial charge on any atom is -0.488 e. The molecule has 2 rings (SSSR count). The normalized spacial score (nSPS) is 12.3. The Morgan fingerprint density at radius 2 is 1.12 bits per heavy atom. The van der Waals surface area contributed by atoms with Gasteiger partial charge in [-0.25, -0.2) is 9.59 Å². The third-order valence-corrected chi connectivity index (χ3v) is 4.90. The van der Waals surface area contributed by atoms with Gasteiger partial charge in [-0.05, 0) is 76.9 Å². The van der Waals surface area contributed by atoms with Crippen LogP contribution in [0.2, 0.25) is 0 Å². The van der Waals surface area contributed by atoms with E-state index in [1.807, 2.05) is 50.2 Å². The van der Waals surface area contributed by atoms with E-state index in [4.69, 9.17) is 18.9 Å². The van der Waals surface area contributed by atoms with Crippen molar-refractivity contribution in [2.24, 2.45) is 0 Å². The van der Waals surface area contributed by atoms with Gasteiger partial charge >= 0.3 is 11.9 Å². The molecule has 0 radical (unpaired) electrons. The van der Waals surface area contributed by atoms with Gasteiger partial charge in [0, 0.05) is 0 Å². The molecule has 2 aromatic rings. The third kappa shape index (κ3) is 8.17. The highest BCUT2D eigenvalue weighted by Crippen LogP contribution is 2.28. The summed E-state index contributed by atoms with van der Waals surface area (Å²) in [5.74, 6) is 0.597. The summed E-state index contributed by atoms with van der Waals surface area (Å²) in [5.41, 5.74) is 3.46. The van der Waals surface area contributed by atoms with Crippen LogP contribution in [0.1, 0.15) is 38.8 Å². The quantitative estimate of drug-likeness (QED) is 0.325. The first kappa shape index (κ1) is 26.8. The molecule has 8 nitrogen and oxygen atoms in total. The van der Waals surface area contributed by atoms with Crippen LogP contribution in [0.5, 0.6) is 11.5 Å². The second kappa shape index (κ2) is 13.3. The van der Waals surface area contributed by atoms with Crippen molar-refractivity contribution in [2.75, 3.05) is 37.1 Å². The van der Waals surface area contributed by atoms with E-state index in [9.17, 15) is 9.59 Å². The molecule has 8 heteroatoms. The smallest absolute Gasteiger partial charge is 0.328 e. The Hall–Kier alpha value is -3.42. The summed E-state index contributed by atoms with van der Waals surface area (Å²) in [6, 6.07) is 10.4. The molecule has 0 aliphatic rings. The molecule has 0 amide bonds. The summed E-state index contributed by atoms with van der Waals surface area (Å²) >= 11 is 0. The number of hydrogen-bond acceptors (Lipinski definition) is 8. The topological polar surface area (TPSA) is 95.1 Å². The Labute approximate surface area is 201 Å². The highest BCUT2D eigenvalue weighted by molar-refractivity contribution is 5.80. The number of carbonyl (C=O) groups is 2. The van der Waals surface area contributed by atoms with E-state index in [-0.39, 0.29) is 25.2 Å². The van der Waals surface area contributed by atoms with Crippen LogP contribution in [0.25, 0.3) is 0 Å². The van der Waals surface area contributed by atoms with Crippen molar-refractivity contribution in [3.05, 3.63) is 47.5 Å². The van der Waals surface area contributed by atoms with E-state index < -0.39 is 12.1 Å². The molecule has 0 heterocycles. The third-order valence-electron chi connectivity index (χ3n) is 4.90. The van der Waals surface area contributed by atoms with Crippen LogP contribution in [-0.4, -0.2) is 50.4 Å². The minimum atomic E-state index is -0.511. The largest absolute Gasteiger partial charge is 0.488 e. The Morgan fingerprint density at radius 3 is 1.47 bits per heavy atom. The predicted molar refractivity (Wildman–Crippen MR) is 133 cm³/mol. The number of rotatable bonds is 13. The van der Waals surface area contributed by atoms with E-state index in [0.29, 0.717) is 36.1 Å². The highest BCUT2D eigenvalue weighted by atomic mass is 16.5. The van der Waals surface area contributed by atoms with Gasteiger partial charge in [0.2, 0.25) is 0 Å². The number of aryl methyl sites for hydroxylation is 2. The van der Waals surface area contributed by atoms with Crippen LogP contribution in [0.3, 0.4) is 0 Å². The van der Waals surface area contributed by atoms with E-state index >= 15 is 0 Å². The fourth-order valence-corrected chi connectivity index (χ4v) is 3.16. The molecule has 186 valence electrons. The van der Waals surface area contributed by atoms with Crippen LogP contribution < -0.4 is 20.1 Å². The molecule has 34 heavy (non-hydrogen) atoms. The fourth-order valence-electron chi connectivity index (χ4n) is 3.16. The molecule has 0 fully saturated rings. The number of ether oxygens (including phenoxy) is 4. The molecule has 0 saturated heterocycles. The Bertz CT molecular complexity index is 885. The zero-order valence-electron chi connectivity index (χ0n) is 20.9. The lowest BCUT2D eigenvalue weighted by Gasteiger charge is -2.19. The second-order valence-electron chi connectivity index (χ2n) is 7.93. The number of nitrogens with one attached hydrogen (secondary N) is 2. The summed E-state index contributed by atoms with van der Waals surface area (Å²) in [7, 11) is 0. The molecule has 0 aliphatic carbocycles. The lowest BCUT2D eigenvalue weighted by molar-refractivity contribution is -0.144. The molecule has 2 aromatic carbocycles. The zero-order chi connectivity index (χ0) is 25.1. The SMILES string of the molecule is CCOC(=O)C(C)Nc1ccc(C)cc1OCCOc1cc(C)ccc1NC(C)C(=O)OCC. The maximum atomic E-state index is 12.0.